The van der Waals surface area contributed by atoms with Crippen LogP contribution in [0.4, 0.5) is 0 Å². The van der Waals surface area contributed by atoms with Gasteiger partial charge >= 0.3 is 11.9 Å². The summed E-state index contributed by atoms with van der Waals surface area (Å²) in [6, 6.07) is 0. The maximum Gasteiger partial charge on any atom is 0.305 e. The molecular formula is C29H56O4. The number of esters is 2. The molecule has 1 unspecified atom stereocenters. The lowest BCUT2D eigenvalue weighted by molar-refractivity contribution is -0.145. The normalized spacial score (nSPS) is 12.3. The van der Waals surface area contributed by atoms with E-state index in [1.54, 1.807) is 0 Å². The van der Waals surface area contributed by atoms with Gasteiger partial charge in [-0.2, -0.15) is 0 Å². The predicted molar refractivity (Wildman–Crippen MR) is 139 cm³/mol. The third-order valence-corrected chi connectivity index (χ3v) is 6.34. The van der Waals surface area contributed by atoms with Gasteiger partial charge < -0.3 is 9.47 Å². The Labute approximate surface area is 206 Å². The fraction of sp³-hybridized carbons (Fsp3) is 0.931. The van der Waals surface area contributed by atoms with Crippen LogP contribution in [0.5, 0.6) is 0 Å². The minimum atomic E-state index is -0.0258. The average molecular weight is 469 g/mol. The molecule has 0 saturated carbocycles. The van der Waals surface area contributed by atoms with Crippen LogP contribution in [0.15, 0.2) is 0 Å². The molecule has 33 heavy (non-hydrogen) atoms. The molecule has 0 aliphatic heterocycles. The van der Waals surface area contributed by atoms with Gasteiger partial charge in [-0.15, -0.1) is 0 Å². The molecule has 196 valence electrons. The van der Waals surface area contributed by atoms with Crippen molar-refractivity contribution < 1.29 is 19.1 Å². The van der Waals surface area contributed by atoms with Crippen LogP contribution in [-0.2, 0) is 19.1 Å². The molecule has 0 fully saturated rings. The Hall–Kier alpha value is -1.06. The number of rotatable bonds is 23. The minimum Gasteiger partial charge on any atom is -0.466 e. The van der Waals surface area contributed by atoms with E-state index in [0.717, 1.165) is 32.1 Å². The van der Waals surface area contributed by atoms with Crippen LogP contribution in [0.25, 0.3) is 0 Å². The van der Waals surface area contributed by atoms with Crippen LogP contribution in [0.3, 0.4) is 0 Å². The number of unbranched alkanes of at least 4 members (excludes halogenated alkanes) is 10. The first-order valence-corrected chi connectivity index (χ1v) is 14.1. The van der Waals surface area contributed by atoms with E-state index in [4.69, 9.17) is 9.47 Å². The Balaban J connectivity index is 3.31. The van der Waals surface area contributed by atoms with E-state index < -0.39 is 0 Å². The number of hydrogen-bond donors (Lipinski definition) is 0. The van der Waals surface area contributed by atoms with Gasteiger partial charge in [0.05, 0.1) is 13.2 Å². The first-order chi connectivity index (χ1) is 15.8. The van der Waals surface area contributed by atoms with E-state index in [2.05, 4.69) is 34.6 Å². The van der Waals surface area contributed by atoms with Crippen LogP contribution in [0.1, 0.15) is 144 Å². The fourth-order valence-electron chi connectivity index (χ4n) is 3.82. The summed E-state index contributed by atoms with van der Waals surface area (Å²) in [4.78, 5) is 23.4. The summed E-state index contributed by atoms with van der Waals surface area (Å²) in [5.74, 6) is 1.75. The van der Waals surface area contributed by atoms with Crippen LogP contribution < -0.4 is 0 Å². The molecule has 0 rings (SSSR count). The Bertz CT molecular complexity index is 459. The SMILES string of the molecule is CC(C)CCOC(=O)CCCCCCCCCCCCCC(C)CCC(=O)OCCC(C)C. The van der Waals surface area contributed by atoms with Crippen molar-refractivity contribution in [3.63, 3.8) is 0 Å². The van der Waals surface area contributed by atoms with Crippen molar-refractivity contribution in [2.75, 3.05) is 13.2 Å². The third kappa shape index (κ3) is 25.4. The molecule has 0 saturated heterocycles. The van der Waals surface area contributed by atoms with Crippen LogP contribution in [0, 0.1) is 17.8 Å². The molecule has 0 spiro atoms. The summed E-state index contributed by atoms with van der Waals surface area (Å²) in [6.45, 7) is 12.0. The van der Waals surface area contributed by atoms with E-state index in [0.29, 0.717) is 43.8 Å². The molecule has 0 aromatic rings. The van der Waals surface area contributed by atoms with E-state index in [1.165, 1.54) is 64.2 Å². The molecule has 0 aliphatic rings. The average Bonchev–Trinajstić information content (AvgIpc) is 2.75. The highest BCUT2D eigenvalue weighted by molar-refractivity contribution is 5.69. The highest BCUT2D eigenvalue weighted by Crippen LogP contribution is 2.17. The first kappa shape index (κ1) is 31.9. The van der Waals surface area contributed by atoms with Gasteiger partial charge in [0.2, 0.25) is 0 Å². The Kier molecular flexibility index (Phi) is 22.0. The molecule has 0 aromatic carbocycles. The van der Waals surface area contributed by atoms with Gasteiger partial charge in [-0.1, -0.05) is 105 Å². The van der Waals surface area contributed by atoms with Crippen molar-refractivity contribution in [2.24, 2.45) is 17.8 Å². The lowest BCUT2D eigenvalue weighted by atomic mass is 9.97. The van der Waals surface area contributed by atoms with Crippen molar-refractivity contribution in [3.05, 3.63) is 0 Å². The molecule has 0 N–H and O–H groups in total. The zero-order valence-corrected chi connectivity index (χ0v) is 22.8. The van der Waals surface area contributed by atoms with Gasteiger partial charge in [0.15, 0.2) is 0 Å². The molecule has 4 heteroatoms. The summed E-state index contributed by atoms with van der Waals surface area (Å²) in [5.41, 5.74) is 0. The third-order valence-electron chi connectivity index (χ3n) is 6.34. The lowest BCUT2D eigenvalue weighted by Gasteiger charge is -2.11. The molecule has 0 aromatic heterocycles. The number of ether oxygens (including phenoxy) is 2. The summed E-state index contributed by atoms with van der Waals surface area (Å²) in [7, 11) is 0. The van der Waals surface area contributed by atoms with Gasteiger partial charge in [0.1, 0.15) is 0 Å². The maximum atomic E-state index is 11.7. The monoisotopic (exact) mass is 468 g/mol. The molecule has 1 atom stereocenters. The largest absolute Gasteiger partial charge is 0.466 e. The number of carbonyl (C=O) groups is 2. The lowest BCUT2D eigenvalue weighted by Crippen LogP contribution is -2.09. The molecule has 0 heterocycles. The standard InChI is InChI=1S/C29H56O4/c1-25(2)21-23-32-28(30)18-16-14-12-10-8-6-7-9-11-13-15-17-27(5)19-20-29(31)33-24-22-26(3)4/h25-27H,6-24H2,1-5H3. The van der Waals surface area contributed by atoms with Gasteiger partial charge in [-0.25, -0.2) is 0 Å². The van der Waals surface area contributed by atoms with Crippen molar-refractivity contribution in [1.29, 1.82) is 0 Å². The zero-order valence-electron chi connectivity index (χ0n) is 22.8. The van der Waals surface area contributed by atoms with E-state index in [-0.39, 0.29) is 11.9 Å². The summed E-state index contributed by atoms with van der Waals surface area (Å²) < 4.78 is 10.5. The van der Waals surface area contributed by atoms with Gasteiger partial charge in [0, 0.05) is 12.8 Å². The molecule has 0 bridgehead atoms. The summed E-state index contributed by atoms with van der Waals surface area (Å²) in [5, 5.41) is 0. The Morgan fingerprint density at radius 2 is 0.879 bits per heavy atom. The minimum absolute atomic E-state index is 0.0235. The van der Waals surface area contributed by atoms with Gasteiger partial charge in [-0.05, 0) is 43.4 Å². The predicted octanol–water partition coefficient (Wildman–Crippen LogP) is 8.65. The topological polar surface area (TPSA) is 52.6 Å². The quantitative estimate of drug-likeness (QED) is 0.111. The number of carbonyl (C=O) groups excluding carboxylic acids is 2. The molecule has 0 amide bonds. The van der Waals surface area contributed by atoms with Crippen LogP contribution in [0.2, 0.25) is 0 Å². The summed E-state index contributed by atoms with van der Waals surface area (Å²) >= 11 is 0. The highest BCUT2D eigenvalue weighted by Gasteiger charge is 2.08. The van der Waals surface area contributed by atoms with Crippen LogP contribution >= 0.6 is 0 Å². The fourth-order valence-corrected chi connectivity index (χ4v) is 3.82. The van der Waals surface area contributed by atoms with Gasteiger partial charge in [-0.3, -0.25) is 9.59 Å². The molecule has 0 radical (unpaired) electrons. The second kappa shape index (κ2) is 22.7. The van der Waals surface area contributed by atoms with Gasteiger partial charge in [0.25, 0.3) is 0 Å². The second-order valence-electron chi connectivity index (χ2n) is 10.9. The summed E-state index contributed by atoms with van der Waals surface area (Å²) in [6.07, 6.45) is 19.2. The molecule has 4 nitrogen and oxygen atoms in total. The van der Waals surface area contributed by atoms with E-state index in [9.17, 15) is 9.59 Å². The van der Waals surface area contributed by atoms with Crippen LogP contribution in [-0.4, -0.2) is 25.2 Å². The first-order valence-electron chi connectivity index (χ1n) is 14.1. The van der Waals surface area contributed by atoms with E-state index >= 15 is 0 Å². The van der Waals surface area contributed by atoms with E-state index in [1.807, 2.05) is 0 Å². The zero-order chi connectivity index (χ0) is 24.7. The number of hydrogen-bond acceptors (Lipinski definition) is 4. The van der Waals surface area contributed by atoms with Crippen molar-refractivity contribution in [2.45, 2.75) is 144 Å². The molecular weight excluding hydrogens is 412 g/mol. The van der Waals surface area contributed by atoms with Crippen molar-refractivity contribution >= 4 is 11.9 Å². The Morgan fingerprint density at radius 1 is 0.485 bits per heavy atom. The smallest absolute Gasteiger partial charge is 0.305 e. The highest BCUT2D eigenvalue weighted by atomic mass is 16.5. The maximum absolute atomic E-state index is 11.7. The van der Waals surface area contributed by atoms with Crippen molar-refractivity contribution in [1.82, 2.24) is 0 Å². The Morgan fingerprint density at radius 3 is 1.33 bits per heavy atom. The molecule has 0 aliphatic carbocycles. The second-order valence-corrected chi connectivity index (χ2v) is 10.9. The van der Waals surface area contributed by atoms with Crippen molar-refractivity contribution in [3.8, 4) is 0 Å².